The van der Waals surface area contributed by atoms with E-state index in [4.69, 9.17) is 22.7 Å². The van der Waals surface area contributed by atoms with Gasteiger partial charge in [-0.2, -0.15) is 0 Å². The molecule has 0 amide bonds. The van der Waals surface area contributed by atoms with Crippen LogP contribution in [0.3, 0.4) is 0 Å². The van der Waals surface area contributed by atoms with Crippen molar-refractivity contribution in [3.63, 3.8) is 0 Å². The van der Waals surface area contributed by atoms with Crippen molar-refractivity contribution >= 4 is 17.2 Å². The smallest absolute Gasteiger partial charge is 0.119 e. The summed E-state index contributed by atoms with van der Waals surface area (Å²) in [7, 11) is 0. The molecule has 1 rings (SSSR count). The van der Waals surface area contributed by atoms with Crippen molar-refractivity contribution < 1.29 is 4.74 Å². The highest BCUT2D eigenvalue weighted by Gasteiger charge is 1.98. The number of rotatable bonds is 11. The molecule has 0 aromatic heterocycles. The van der Waals surface area contributed by atoms with Crippen molar-refractivity contribution in [2.45, 2.75) is 58.3 Å². The van der Waals surface area contributed by atoms with E-state index in [0.29, 0.717) is 4.99 Å². The van der Waals surface area contributed by atoms with Crippen LogP contribution in [0.5, 0.6) is 5.75 Å². The van der Waals surface area contributed by atoms with Crippen LogP contribution in [-0.2, 0) is 0 Å². The molecule has 0 fully saturated rings. The SMILES string of the molecule is CCCCCCCCCCOc1ccc(C(N)=S)cc1. The summed E-state index contributed by atoms with van der Waals surface area (Å²) < 4.78 is 5.70. The zero-order valence-corrected chi connectivity index (χ0v) is 13.4. The van der Waals surface area contributed by atoms with Gasteiger partial charge in [0.05, 0.1) is 6.61 Å². The fraction of sp³-hybridized carbons (Fsp3) is 0.588. The lowest BCUT2D eigenvalue weighted by Crippen LogP contribution is -2.08. The maximum atomic E-state index is 5.70. The van der Waals surface area contributed by atoms with Crippen LogP contribution in [0, 0.1) is 0 Å². The van der Waals surface area contributed by atoms with E-state index in [1.54, 1.807) is 0 Å². The molecule has 0 saturated carbocycles. The molecule has 3 heteroatoms. The second-order valence-electron chi connectivity index (χ2n) is 5.21. The third-order valence-electron chi connectivity index (χ3n) is 3.41. The fourth-order valence-electron chi connectivity index (χ4n) is 2.14. The highest BCUT2D eigenvalue weighted by molar-refractivity contribution is 7.80. The molecule has 0 aliphatic rings. The number of nitrogens with two attached hydrogens (primary N) is 1. The van der Waals surface area contributed by atoms with Crippen LogP contribution in [0.1, 0.15) is 63.9 Å². The average molecular weight is 293 g/mol. The first-order valence-electron chi connectivity index (χ1n) is 7.76. The summed E-state index contributed by atoms with van der Waals surface area (Å²) in [6.45, 7) is 3.05. The molecule has 0 unspecified atom stereocenters. The Balaban J connectivity index is 2.02. The van der Waals surface area contributed by atoms with Gasteiger partial charge >= 0.3 is 0 Å². The van der Waals surface area contributed by atoms with E-state index in [-0.39, 0.29) is 0 Å². The zero-order valence-electron chi connectivity index (χ0n) is 12.6. The third kappa shape index (κ3) is 7.49. The van der Waals surface area contributed by atoms with Crippen LogP contribution >= 0.6 is 12.2 Å². The number of thiocarbonyl (C=S) groups is 1. The largest absolute Gasteiger partial charge is 0.494 e. The Labute approximate surface area is 128 Å². The van der Waals surface area contributed by atoms with Gasteiger partial charge in [0.25, 0.3) is 0 Å². The van der Waals surface area contributed by atoms with Crippen molar-refractivity contribution in [3.8, 4) is 5.75 Å². The van der Waals surface area contributed by atoms with Gasteiger partial charge in [-0.1, -0.05) is 64.1 Å². The average Bonchev–Trinajstić information content (AvgIpc) is 2.46. The number of unbranched alkanes of at least 4 members (excludes halogenated alkanes) is 7. The van der Waals surface area contributed by atoms with E-state index in [1.165, 1.54) is 44.9 Å². The zero-order chi connectivity index (χ0) is 14.6. The van der Waals surface area contributed by atoms with E-state index in [0.717, 1.165) is 24.3 Å². The van der Waals surface area contributed by atoms with Crippen LogP contribution in [0.2, 0.25) is 0 Å². The second-order valence-corrected chi connectivity index (χ2v) is 5.65. The summed E-state index contributed by atoms with van der Waals surface area (Å²) in [6.07, 6.45) is 10.6. The Kier molecular flexibility index (Phi) is 9.05. The summed E-state index contributed by atoms with van der Waals surface area (Å²) in [5, 5.41) is 0. The number of ether oxygens (including phenoxy) is 1. The van der Waals surface area contributed by atoms with Gasteiger partial charge in [-0.15, -0.1) is 0 Å². The monoisotopic (exact) mass is 293 g/mol. The van der Waals surface area contributed by atoms with Crippen LogP contribution in [-0.4, -0.2) is 11.6 Å². The number of benzene rings is 1. The molecule has 0 spiro atoms. The van der Waals surface area contributed by atoms with Crippen LogP contribution in [0.15, 0.2) is 24.3 Å². The standard InChI is InChI=1S/C17H27NOS/c1-2-3-4-5-6-7-8-9-14-19-16-12-10-15(11-13-16)17(18)20/h10-13H,2-9,14H2,1H3,(H2,18,20). The van der Waals surface area contributed by atoms with Gasteiger partial charge in [-0.05, 0) is 30.7 Å². The fourth-order valence-corrected chi connectivity index (χ4v) is 2.28. The van der Waals surface area contributed by atoms with Crippen LogP contribution in [0.25, 0.3) is 0 Å². The summed E-state index contributed by atoms with van der Waals surface area (Å²) in [6, 6.07) is 7.68. The van der Waals surface area contributed by atoms with Crippen molar-refractivity contribution in [2.75, 3.05) is 6.61 Å². The molecule has 0 radical (unpaired) electrons. The molecule has 0 aliphatic heterocycles. The molecule has 0 saturated heterocycles. The van der Waals surface area contributed by atoms with Crippen LogP contribution < -0.4 is 10.5 Å². The van der Waals surface area contributed by atoms with Crippen molar-refractivity contribution in [2.24, 2.45) is 5.73 Å². The van der Waals surface area contributed by atoms with Gasteiger partial charge < -0.3 is 10.5 Å². The Morgan fingerprint density at radius 3 is 2.05 bits per heavy atom. The second kappa shape index (κ2) is 10.7. The number of hydrogen-bond donors (Lipinski definition) is 1. The predicted octanol–water partition coefficient (Wildman–Crippen LogP) is 4.84. The molecule has 20 heavy (non-hydrogen) atoms. The molecule has 1 aromatic rings. The molecule has 2 N–H and O–H groups in total. The molecular formula is C17H27NOS. The lowest BCUT2D eigenvalue weighted by Gasteiger charge is -2.07. The maximum Gasteiger partial charge on any atom is 0.119 e. The molecule has 0 bridgehead atoms. The van der Waals surface area contributed by atoms with E-state index >= 15 is 0 Å². The van der Waals surface area contributed by atoms with Crippen molar-refractivity contribution in [1.82, 2.24) is 0 Å². The van der Waals surface area contributed by atoms with Gasteiger partial charge in [0.1, 0.15) is 10.7 Å². The minimum atomic E-state index is 0.430. The van der Waals surface area contributed by atoms with Gasteiger partial charge in [0.15, 0.2) is 0 Å². The normalized spacial score (nSPS) is 10.4. The first-order chi connectivity index (χ1) is 9.74. The van der Waals surface area contributed by atoms with E-state index in [9.17, 15) is 0 Å². The molecule has 112 valence electrons. The van der Waals surface area contributed by atoms with Gasteiger partial charge in [0.2, 0.25) is 0 Å². The molecule has 0 atom stereocenters. The highest BCUT2D eigenvalue weighted by Crippen LogP contribution is 2.13. The van der Waals surface area contributed by atoms with E-state index < -0.39 is 0 Å². The molecule has 0 heterocycles. The summed E-state index contributed by atoms with van der Waals surface area (Å²) >= 11 is 4.92. The molecular weight excluding hydrogens is 266 g/mol. The van der Waals surface area contributed by atoms with E-state index in [2.05, 4.69) is 6.92 Å². The first-order valence-corrected chi connectivity index (χ1v) is 8.17. The van der Waals surface area contributed by atoms with Crippen LogP contribution in [0.4, 0.5) is 0 Å². The topological polar surface area (TPSA) is 35.2 Å². The summed E-state index contributed by atoms with van der Waals surface area (Å²) in [5.74, 6) is 0.896. The highest BCUT2D eigenvalue weighted by atomic mass is 32.1. The minimum Gasteiger partial charge on any atom is -0.494 e. The first kappa shape index (κ1) is 17.0. The van der Waals surface area contributed by atoms with E-state index in [1.807, 2.05) is 24.3 Å². The summed E-state index contributed by atoms with van der Waals surface area (Å²) in [5.41, 5.74) is 6.44. The third-order valence-corrected chi connectivity index (χ3v) is 3.64. The van der Waals surface area contributed by atoms with Gasteiger partial charge in [-0.25, -0.2) is 0 Å². The van der Waals surface area contributed by atoms with Crippen molar-refractivity contribution in [3.05, 3.63) is 29.8 Å². The summed E-state index contributed by atoms with van der Waals surface area (Å²) in [4.78, 5) is 0.430. The molecule has 1 aromatic carbocycles. The number of hydrogen-bond acceptors (Lipinski definition) is 2. The molecule has 0 aliphatic carbocycles. The van der Waals surface area contributed by atoms with Gasteiger partial charge in [-0.3, -0.25) is 0 Å². The quantitative estimate of drug-likeness (QED) is 0.468. The lowest BCUT2D eigenvalue weighted by molar-refractivity contribution is 0.304. The Morgan fingerprint density at radius 1 is 0.950 bits per heavy atom. The Hall–Kier alpha value is -1.09. The molecule has 2 nitrogen and oxygen atoms in total. The maximum absolute atomic E-state index is 5.70. The van der Waals surface area contributed by atoms with Crippen molar-refractivity contribution in [1.29, 1.82) is 0 Å². The van der Waals surface area contributed by atoms with Gasteiger partial charge in [0, 0.05) is 5.56 Å². The lowest BCUT2D eigenvalue weighted by atomic mass is 10.1. The predicted molar refractivity (Wildman–Crippen MR) is 90.4 cm³/mol. The minimum absolute atomic E-state index is 0.430. The Morgan fingerprint density at radius 2 is 1.50 bits per heavy atom. The Bertz CT molecular complexity index is 375.